The molecule has 0 saturated heterocycles. The molecule has 0 heterocycles. The lowest BCUT2D eigenvalue weighted by Crippen LogP contribution is -2.62. The highest BCUT2D eigenvalue weighted by molar-refractivity contribution is 5.93. The lowest BCUT2D eigenvalue weighted by molar-refractivity contribution is -0.153. The van der Waals surface area contributed by atoms with Crippen molar-refractivity contribution in [2.45, 2.75) is 57.2 Å². The van der Waals surface area contributed by atoms with Crippen molar-refractivity contribution in [1.82, 2.24) is 15.1 Å². The smallest absolute Gasteiger partial charge is 0.251 e. The van der Waals surface area contributed by atoms with Crippen LogP contribution in [0.4, 0.5) is 0 Å². The van der Waals surface area contributed by atoms with Crippen molar-refractivity contribution in [2.24, 2.45) is 17.8 Å². The Kier molecular flexibility index (Phi) is 7.07. The molecule has 0 aromatic heterocycles. The second-order valence-corrected chi connectivity index (χ2v) is 11.4. The van der Waals surface area contributed by atoms with Gasteiger partial charge in [0.15, 0.2) is 0 Å². The summed E-state index contributed by atoms with van der Waals surface area (Å²) in [5.41, 5.74) is 2.86. The molecular formula is C30H39N3O3. The number of hydrogen-bond donors (Lipinski definition) is 1. The summed E-state index contributed by atoms with van der Waals surface area (Å²) < 4.78 is 5.47. The first-order valence-electron chi connectivity index (χ1n) is 13.3. The molecule has 4 bridgehead atoms. The Morgan fingerprint density at radius 2 is 1.58 bits per heavy atom. The van der Waals surface area contributed by atoms with E-state index in [1.165, 1.54) is 19.3 Å². The first-order chi connectivity index (χ1) is 17.4. The molecule has 36 heavy (non-hydrogen) atoms. The molecule has 2 amide bonds. The molecule has 2 aromatic rings. The molecule has 6 rings (SSSR count). The number of benzene rings is 2. The number of nitrogens with one attached hydrogen (secondary N) is 1. The van der Waals surface area contributed by atoms with Gasteiger partial charge in [0, 0.05) is 31.2 Å². The fourth-order valence-electron chi connectivity index (χ4n) is 7.46. The average molecular weight is 490 g/mol. The molecule has 0 radical (unpaired) electrons. The standard InChI is InChI=1S/C30H39N3O3/c1-31-29(35)26-9-7-21(8-10-26)18-32(2)20-28(34)33(19-22-5-4-6-27(14-22)36-3)30-15-23-11-24(16-30)13-25(12-23)17-30/h4-10,14,23-25H,11-13,15-20H2,1-3H3,(H,31,35). The summed E-state index contributed by atoms with van der Waals surface area (Å²) in [4.78, 5) is 30.2. The molecule has 4 aliphatic rings. The number of rotatable bonds is 9. The van der Waals surface area contributed by atoms with Gasteiger partial charge in [-0.05, 0) is 98.7 Å². The highest BCUT2D eigenvalue weighted by Crippen LogP contribution is 2.58. The van der Waals surface area contributed by atoms with Crippen molar-refractivity contribution < 1.29 is 14.3 Å². The average Bonchev–Trinajstić information content (AvgIpc) is 2.86. The zero-order valence-corrected chi connectivity index (χ0v) is 21.8. The van der Waals surface area contributed by atoms with Gasteiger partial charge in [-0.2, -0.15) is 0 Å². The predicted molar refractivity (Wildman–Crippen MR) is 141 cm³/mol. The first-order valence-corrected chi connectivity index (χ1v) is 13.3. The van der Waals surface area contributed by atoms with Gasteiger partial charge in [0.05, 0.1) is 13.7 Å². The van der Waals surface area contributed by atoms with Crippen molar-refractivity contribution in [2.75, 3.05) is 27.7 Å². The van der Waals surface area contributed by atoms with Crippen molar-refractivity contribution in [3.8, 4) is 5.75 Å². The van der Waals surface area contributed by atoms with Gasteiger partial charge in [0.2, 0.25) is 5.91 Å². The van der Waals surface area contributed by atoms with Gasteiger partial charge in [-0.1, -0.05) is 24.3 Å². The van der Waals surface area contributed by atoms with Gasteiger partial charge < -0.3 is 15.0 Å². The van der Waals surface area contributed by atoms with Crippen LogP contribution in [0.15, 0.2) is 48.5 Å². The third kappa shape index (κ3) is 5.15. The maximum Gasteiger partial charge on any atom is 0.251 e. The van der Waals surface area contributed by atoms with E-state index in [2.05, 4.69) is 27.2 Å². The van der Waals surface area contributed by atoms with E-state index in [9.17, 15) is 9.59 Å². The molecule has 2 aromatic carbocycles. The summed E-state index contributed by atoms with van der Waals surface area (Å²) in [6, 6.07) is 15.8. The number of methoxy groups -OCH3 is 1. The van der Waals surface area contributed by atoms with Crippen LogP contribution in [-0.2, 0) is 17.9 Å². The fraction of sp³-hybridized carbons (Fsp3) is 0.533. The maximum absolute atomic E-state index is 14.0. The molecule has 4 saturated carbocycles. The van der Waals surface area contributed by atoms with Crippen LogP contribution in [0.25, 0.3) is 0 Å². The zero-order valence-electron chi connectivity index (χ0n) is 21.8. The quantitative estimate of drug-likeness (QED) is 0.564. The monoisotopic (exact) mass is 489 g/mol. The summed E-state index contributed by atoms with van der Waals surface area (Å²) in [7, 11) is 5.34. The van der Waals surface area contributed by atoms with E-state index in [0.29, 0.717) is 25.2 Å². The molecule has 0 aliphatic heterocycles. The fourth-order valence-corrected chi connectivity index (χ4v) is 7.46. The largest absolute Gasteiger partial charge is 0.497 e. The Labute approximate surface area is 215 Å². The van der Waals surface area contributed by atoms with Crippen molar-refractivity contribution in [1.29, 1.82) is 0 Å². The highest BCUT2D eigenvalue weighted by atomic mass is 16.5. The third-order valence-electron chi connectivity index (χ3n) is 8.66. The van der Waals surface area contributed by atoms with Gasteiger partial charge >= 0.3 is 0 Å². The number of likely N-dealkylation sites (N-methyl/N-ethyl adjacent to an activating group) is 1. The highest BCUT2D eigenvalue weighted by Gasteiger charge is 2.54. The van der Waals surface area contributed by atoms with Gasteiger partial charge in [-0.3, -0.25) is 14.5 Å². The molecule has 6 nitrogen and oxygen atoms in total. The molecule has 0 spiro atoms. The minimum absolute atomic E-state index is 0.00902. The molecular weight excluding hydrogens is 450 g/mol. The van der Waals surface area contributed by atoms with E-state index in [-0.39, 0.29) is 17.4 Å². The van der Waals surface area contributed by atoms with Gasteiger partial charge in [0.25, 0.3) is 5.91 Å². The molecule has 6 heteroatoms. The first kappa shape index (κ1) is 24.8. The lowest BCUT2D eigenvalue weighted by Gasteiger charge is -2.60. The minimum Gasteiger partial charge on any atom is -0.497 e. The number of hydrogen-bond acceptors (Lipinski definition) is 4. The number of ether oxygens (including phenoxy) is 1. The van der Waals surface area contributed by atoms with Crippen LogP contribution in [0.5, 0.6) is 5.75 Å². The summed E-state index contributed by atoms with van der Waals surface area (Å²) in [6.07, 6.45) is 7.52. The molecule has 0 unspecified atom stereocenters. The van der Waals surface area contributed by atoms with Gasteiger partial charge in [-0.15, -0.1) is 0 Å². The Morgan fingerprint density at radius 3 is 2.17 bits per heavy atom. The lowest BCUT2D eigenvalue weighted by atomic mass is 9.52. The van der Waals surface area contributed by atoms with Crippen LogP contribution in [0.3, 0.4) is 0 Å². The Morgan fingerprint density at radius 1 is 0.944 bits per heavy atom. The van der Waals surface area contributed by atoms with E-state index >= 15 is 0 Å². The number of nitrogens with zero attached hydrogens (tertiary/aromatic N) is 2. The molecule has 1 N–H and O–H groups in total. The second-order valence-electron chi connectivity index (χ2n) is 11.4. The van der Waals surface area contributed by atoms with Crippen LogP contribution in [-0.4, -0.2) is 54.9 Å². The predicted octanol–water partition coefficient (Wildman–Crippen LogP) is 4.48. The molecule has 0 atom stereocenters. The maximum atomic E-state index is 14.0. The molecule has 4 fully saturated rings. The van der Waals surface area contributed by atoms with Crippen LogP contribution in [0, 0.1) is 17.8 Å². The third-order valence-corrected chi connectivity index (χ3v) is 8.66. The van der Waals surface area contributed by atoms with E-state index in [1.54, 1.807) is 14.2 Å². The topological polar surface area (TPSA) is 61.9 Å². The van der Waals surface area contributed by atoms with Crippen LogP contribution in [0.1, 0.15) is 60.0 Å². The number of carbonyl (C=O) groups is 2. The van der Waals surface area contributed by atoms with Gasteiger partial charge in [0.1, 0.15) is 5.75 Å². The van der Waals surface area contributed by atoms with E-state index < -0.39 is 0 Å². The summed E-state index contributed by atoms with van der Waals surface area (Å²) in [6.45, 7) is 1.67. The van der Waals surface area contributed by atoms with Gasteiger partial charge in [-0.25, -0.2) is 0 Å². The normalized spacial score (nSPS) is 26.2. The minimum atomic E-state index is -0.0890. The van der Waals surface area contributed by atoms with E-state index in [4.69, 9.17) is 4.74 Å². The van der Waals surface area contributed by atoms with Crippen LogP contribution < -0.4 is 10.1 Å². The Hall–Kier alpha value is -2.86. The van der Waals surface area contributed by atoms with Crippen LogP contribution >= 0.6 is 0 Å². The van der Waals surface area contributed by atoms with Crippen LogP contribution in [0.2, 0.25) is 0 Å². The molecule has 4 aliphatic carbocycles. The van der Waals surface area contributed by atoms with Crippen molar-refractivity contribution in [3.05, 3.63) is 65.2 Å². The van der Waals surface area contributed by atoms with E-state index in [1.807, 2.05) is 43.4 Å². The SMILES string of the molecule is CNC(=O)c1ccc(CN(C)CC(=O)N(Cc2cccc(OC)c2)C23CC4CC(CC(C4)C2)C3)cc1. The number of carbonyl (C=O) groups excluding carboxylic acids is 2. The number of amides is 2. The van der Waals surface area contributed by atoms with Crippen molar-refractivity contribution in [3.63, 3.8) is 0 Å². The summed E-state index contributed by atoms with van der Waals surface area (Å²) >= 11 is 0. The second kappa shape index (κ2) is 10.3. The summed E-state index contributed by atoms with van der Waals surface area (Å²) in [5.74, 6) is 3.27. The zero-order chi connectivity index (χ0) is 25.3. The Balaban J connectivity index is 1.33. The van der Waals surface area contributed by atoms with E-state index in [0.717, 1.165) is 53.9 Å². The Bertz CT molecular complexity index is 1060. The van der Waals surface area contributed by atoms with Crippen molar-refractivity contribution >= 4 is 11.8 Å². The molecule has 192 valence electrons. The summed E-state index contributed by atoms with van der Waals surface area (Å²) in [5, 5.41) is 2.65.